The normalized spacial score (nSPS) is 11.0. The lowest BCUT2D eigenvalue weighted by Crippen LogP contribution is -2.19. The second kappa shape index (κ2) is 39.4. The molecule has 0 fully saturated rings. The van der Waals surface area contributed by atoms with E-state index in [9.17, 15) is 0 Å². The van der Waals surface area contributed by atoms with Crippen LogP contribution in [0.4, 0.5) is 0 Å². The summed E-state index contributed by atoms with van der Waals surface area (Å²) >= 11 is 0. The predicted molar refractivity (Wildman–Crippen MR) is 164 cm³/mol. The molecule has 0 spiro atoms. The Kier molecular flexibility index (Phi) is 41.5. The fourth-order valence-corrected chi connectivity index (χ4v) is 4.42. The van der Waals surface area contributed by atoms with Gasteiger partial charge in [0, 0.05) is 13.2 Å². The van der Waals surface area contributed by atoms with Gasteiger partial charge in [-0.05, 0) is 51.9 Å². The summed E-state index contributed by atoms with van der Waals surface area (Å²) in [4.78, 5) is 0. The predicted octanol–water partition coefficient (Wildman–Crippen LogP) is 8.90. The third-order valence-corrected chi connectivity index (χ3v) is 6.90. The van der Waals surface area contributed by atoms with Gasteiger partial charge < -0.3 is 21.5 Å². The second-order valence-corrected chi connectivity index (χ2v) is 10.7. The highest BCUT2D eigenvalue weighted by atomic mass is 16.5. The minimum atomic E-state index is 0.747. The summed E-state index contributed by atoms with van der Waals surface area (Å²) in [5.41, 5.74) is 10.8. The quantitative estimate of drug-likeness (QED) is 0.0838. The van der Waals surface area contributed by atoms with E-state index in [1.807, 2.05) is 0 Å². The van der Waals surface area contributed by atoms with E-state index in [4.69, 9.17) is 16.2 Å². The van der Waals surface area contributed by atoms with Crippen LogP contribution in [-0.2, 0) is 4.74 Å². The molecule has 0 aliphatic heterocycles. The van der Waals surface area contributed by atoms with Crippen molar-refractivity contribution in [3.8, 4) is 0 Å². The summed E-state index contributed by atoms with van der Waals surface area (Å²) in [7, 11) is 0. The molecule has 0 aromatic heterocycles. The van der Waals surface area contributed by atoms with E-state index in [-0.39, 0.29) is 0 Å². The maximum atomic E-state index is 5.45. The Balaban J connectivity index is 0. The molecule has 4 nitrogen and oxygen atoms in total. The van der Waals surface area contributed by atoms with Crippen LogP contribution in [0.2, 0.25) is 0 Å². The first-order valence-corrected chi connectivity index (χ1v) is 16.5. The van der Waals surface area contributed by atoms with Crippen molar-refractivity contribution in [2.24, 2.45) is 11.5 Å². The minimum absolute atomic E-state index is 0.747. The standard InChI is InChI=1S/C19H42N2.C13H29NO/c1-2-3-4-5-6-7-8-9-10-11-12-13-14-15-18-21-19-16-17-20;1-2-3-4-5-6-7-8-9-12-15-13-10-11-14/h21H,2-20H2,1H3;2-14H2,1H3. The summed E-state index contributed by atoms with van der Waals surface area (Å²) in [5.74, 6) is 0. The molecule has 0 radical (unpaired) electrons. The Morgan fingerprint density at radius 3 is 1.14 bits per heavy atom. The summed E-state index contributed by atoms with van der Waals surface area (Å²) in [6.07, 6.45) is 33.1. The summed E-state index contributed by atoms with van der Waals surface area (Å²) in [6, 6.07) is 0. The number of hydrogen-bond acceptors (Lipinski definition) is 4. The van der Waals surface area contributed by atoms with Crippen LogP contribution in [0.3, 0.4) is 0 Å². The van der Waals surface area contributed by atoms with Crippen molar-refractivity contribution in [2.45, 2.75) is 168 Å². The zero-order valence-corrected chi connectivity index (χ0v) is 25.3. The van der Waals surface area contributed by atoms with Crippen molar-refractivity contribution in [1.82, 2.24) is 5.32 Å². The third kappa shape index (κ3) is 41.0. The van der Waals surface area contributed by atoms with Crippen LogP contribution < -0.4 is 16.8 Å². The molecule has 0 unspecified atom stereocenters. The van der Waals surface area contributed by atoms with Crippen LogP contribution in [-0.4, -0.2) is 39.4 Å². The minimum Gasteiger partial charge on any atom is -0.381 e. The highest BCUT2D eigenvalue weighted by Crippen LogP contribution is 2.13. The Bertz CT molecular complexity index is 311. The van der Waals surface area contributed by atoms with Gasteiger partial charge in [-0.3, -0.25) is 0 Å². The number of hydrogen-bond donors (Lipinski definition) is 3. The maximum Gasteiger partial charge on any atom is 0.0478 e. The van der Waals surface area contributed by atoms with Crippen LogP contribution in [0.5, 0.6) is 0 Å². The van der Waals surface area contributed by atoms with Gasteiger partial charge in [-0.15, -0.1) is 0 Å². The van der Waals surface area contributed by atoms with E-state index >= 15 is 0 Å². The Hall–Kier alpha value is -0.160. The van der Waals surface area contributed by atoms with E-state index in [2.05, 4.69) is 19.2 Å². The number of rotatable bonds is 30. The fraction of sp³-hybridized carbons (Fsp3) is 1.00. The Morgan fingerprint density at radius 1 is 0.389 bits per heavy atom. The molecule has 0 bridgehead atoms. The first-order valence-electron chi connectivity index (χ1n) is 16.5. The lowest BCUT2D eigenvalue weighted by atomic mass is 10.0. The van der Waals surface area contributed by atoms with Crippen molar-refractivity contribution in [3.05, 3.63) is 0 Å². The molecule has 0 rings (SSSR count). The van der Waals surface area contributed by atoms with Gasteiger partial charge >= 0.3 is 0 Å². The highest BCUT2D eigenvalue weighted by Gasteiger charge is 1.95. The smallest absolute Gasteiger partial charge is 0.0478 e. The van der Waals surface area contributed by atoms with Crippen LogP contribution >= 0.6 is 0 Å². The first kappa shape index (κ1) is 38.0. The summed E-state index contributed by atoms with van der Waals surface area (Å²) in [6.45, 7) is 10.1. The number of nitrogens with one attached hydrogen (secondary N) is 1. The van der Waals surface area contributed by atoms with Gasteiger partial charge in [-0.2, -0.15) is 0 Å². The fourth-order valence-electron chi connectivity index (χ4n) is 4.42. The van der Waals surface area contributed by atoms with Gasteiger partial charge in [0.05, 0.1) is 0 Å². The molecule has 36 heavy (non-hydrogen) atoms. The molecule has 0 saturated heterocycles. The van der Waals surface area contributed by atoms with E-state index in [1.54, 1.807) is 0 Å². The average molecular weight is 514 g/mol. The van der Waals surface area contributed by atoms with Crippen molar-refractivity contribution < 1.29 is 4.74 Å². The second-order valence-electron chi connectivity index (χ2n) is 10.7. The van der Waals surface area contributed by atoms with Crippen molar-refractivity contribution >= 4 is 0 Å². The first-order chi connectivity index (χ1) is 17.8. The molecule has 0 aromatic carbocycles. The van der Waals surface area contributed by atoms with Gasteiger partial charge in [0.25, 0.3) is 0 Å². The van der Waals surface area contributed by atoms with Gasteiger partial charge in [0.15, 0.2) is 0 Å². The average Bonchev–Trinajstić information content (AvgIpc) is 2.89. The molecule has 0 aliphatic carbocycles. The van der Waals surface area contributed by atoms with Gasteiger partial charge in [-0.25, -0.2) is 0 Å². The molecule has 220 valence electrons. The van der Waals surface area contributed by atoms with Crippen LogP contribution in [0.1, 0.15) is 168 Å². The zero-order chi connectivity index (χ0) is 26.6. The van der Waals surface area contributed by atoms with Crippen molar-refractivity contribution in [3.63, 3.8) is 0 Å². The molecule has 0 saturated carbocycles. The molecule has 0 heterocycles. The molecule has 0 atom stereocenters. The molecule has 4 heteroatoms. The van der Waals surface area contributed by atoms with E-state index in [0.29, 0.717) is 0 Å². The highest BCUT2D eigenvalue weighted by molar-refractivity contribution is 4.52. The lowest BCUT2D eigenvalue weighted by Gasteiger charge is -2.04. The largest absolute Gasteiger partial charge is 0.381 e. The van der Waals surface area contributed by atoms with Crippen LogP contribution in [0.25, 0.3) is 0 Å². The molecular formula is C32H71N3O. The topological polar surface area (TPSA) is 73.3 Å². The van der Waals surface area contributed by atoms with Crippen LogP contribution in [0, 0.1) is 0 Å². The van der Waals surface area contributed by atoms with E-state index < -0.39 is 0 Å². The van der Waals surface area contributed by atoms with Crippen molar-refractivity contribution in [2.75, 3.05) is 39.4 Å². The SMILES string of the molecule is CCCCCCCCCCCCCCCCNCCCN.CCCCCCCCCCOCCCN. The lowest BCUT2D eigenvalue weighted by molar-refractivity contribution is 0.129. The maximum absolute atomic E-state index is 5.45. The van der Waals surface area contributed by atoms with Crippen LogP contribution in [0.15, 0.2) is 0 Å². The molecule has 0 aromatic rings. The van der Waals surface area contributed by atoms with E-state index in [1.165, 1.54) is 148 Å². The number of unbranched alkanes of at least 4 members (excludes halogenated alkanes) is 20. The van der Waals surface area contributed by atoms with Crippen molar-refractivity contribution in [1.29, 1.82) is 0 Å². The monoisotopic (exact) mass is 514 g/mol. The molecular weight excluding hydrogens is 442 g/mol. The number of ether oxygens (including phenoxy) is 1. The summed E-state index contributed by atoms with van der Waals surface area (Å²) in [5, 5.41) is 3.45. The Morgan fingerprint density at radius 2 is 0.722 bits per heavy atom. The molecule has 0 amide bonds. The molecule has 0 aliphatic rings. The third-order valence-electron chi connectivity index (χ3n) is 6.90. The zero-order valence-electron chi connectivity index (χ0n) is 25.3. The number of nitrogens with two attached hydrogens (primary N) is 2. The molecule has 5 N–H and O–H groups in total. The van der Waals surface area contributed by atoms with E-state index in [0.717, 1.165) is 45.7 Å². The van der Waals surface area contributed by atoms with Gasteiger partial charge in [-0.1, -0.05) is 142 Å². The van der Waals surface area contributed by atoms with Gasteiger partial charge in [0.2, 0.25) is 0 Å². The Labute approximate surface area is 228 Å². The summed E-state index contributed by atoms with van der Waals surface area (Å²) < 4.78 is 5.44. The van der Waals surface area contributed by atoms with Gasteiger partial charge in [0.1, 0.15) is 0 Å².